The number of nitrogens with zero attached hydrogens (tertiary/aromatic N) is 3. The minimum absolute atomic E-state index is 0.115. The lowest BCUT2D eigenvalue weighted by Crippen LogP contribution is -2.49. The Morgan fingerprint density at radius 2 is 1.89 bits per heavy atom. The summed E-state index contributed by atoms with van der Waals surface area (Å²) in [6.45, 7) is 8.53. The number of amides is 1. The summed E-state index contributed by atoms with van der Waals surface area (Å²) in [5.74, 6) is 0.343. The van der Waals surface area contributed by atoms with Gasteiger partial charge in [-0.25, -0.2) is 9.78 Å². The number of thiophene rings is 1. The monoisotopic (exact) mass is 496 g/mol. The Balaban J connectivity index is 1.36. The third-order valence-electron chi connectivity index (χ3n) is 6.59. The van der Waals surface area contributed by atoms with E-state index < -0.39 is 5.97 Å². The number of nitrogens with one attached hydrogen (secondary N) is 1. The fourth-order valence-corrected chi connectivity index (χ4v) is 5.61. The first-order valence-electron chi connectivity index (χ1n) is 12.1. The quantitative estimate of drug-likeness (QED) is 0.478. The Labute approximate surface area is 208 Å². The summed E-state index contributed by atoms with van der Waals surface area (Å²) in [4.78, 5) is 50.5. The van der Waals surface area contributed by atoms with E-state index >= 15 is 0 Å². The molecule has 2 aromatic heterocycles. The van der Waals surface area contributed by atoms with E-state index in [1.165, 1.54) is 16.9 Å². The second kappa shape index (κ2) is 11.1. The number of carbonyl (C=O) groups is 2. The largest absolute Gasteiger partial charge is 0.462 e. The first kappa shape index (κ1) is 25.1. The SMILES string of the molecule is CCOC(=O)c1sc2nc(C(C)N3CCN(C(=O)CCCc4ccccc4)CC3)[nH]c(=O)c2c1C. The van der Waals surface area contributed by atoms with E-state index in [0.29, 0.717) is 59.1 Å². The highest BCUT2D eigenvalue weighted by Crippen LogP contribution is 2.29. The third-order valence-corrected chi connectivity index (χ3v) is 7.75. The molecule has 1 aromatic carbocycles. The molecule has 1 saturated heterocycles. The van der Waals surface area contributed by atoms with Gasteiger partial charge >= 0.3 is 5.97 Å². The van der Waals surface area contributed by atoms with Crippen LogP contribution < -0.4 is 5.56 Å². The minimum Gasteiger partial charge on any atom is -0.462 e. The smallest absolute Gasteiger partial charge is 0.348 e. The molecule has 0 spiro atoms. The zero-order valence-electron chi connectivity index (χ0n) is 20.5. The number of aromatic nitrogens is 2. The van der Waals surface area contributed by atoms with Crippen LogP contribution in [-0.4, -0.2) is 64.4 Å². The maximum Gasteiger partial charge on any atom is 0.348 e. The number of esters is 1. The van der Waals surface area contributed by atoms with Crippen molar-refractivity contribution < 1.29 is 14.3 Å². The average Bonchev–Trinajstić information content (AvgIpc) is 3.21. The first-order valence-corrected chi connectivity index (χ1v) is 13.0. The van der Waals surface area contributed by atoms with Crippen molar-refractivity contribution in [2.24, 2.45) is 0 Å². The molecule has 1 aliphatic heterocycles. The Morgan fingerprint density at radius 1 is 1.17 bits per heavy atom. The van der Waals surface area contributed by atoms with Gasteiger partial charge in [0.15, 0.2) is 0 Å². The van der Waals surface area contributed by atoms with Crippen molar-refractivity contribution in [3.05, 3.63) is 62.5 Å². The Morgan fingerprint density at radius 3 is 2.57 bits per heavy atom. The van der Waals surface area contributed by atoms with Crippen LogP contribution in [0.25, 0.3) is 10.2 Å². The lowest BCUT2D eigenvalue weighted by Gasteiger charge is -2.37. The van der Waals surface area contributed by atoms with Crippen LogP contribution >= 0.6 is 11.3 Å². The summed E-state index contributed by atoms with van der Waals surface area (Å²) in [6.07, 6.45) is 2.31. The highest BCUT2D eigenvalue weighted by atomic mass is 32.1. The van der Waals surface area contributed by atoms with E-state index in [2.05, 4.69) is 22.0 Å². The highest BCUT2D eigenvalue weighted by molar-refractivity contribution is 7.20. The molecule has 1 fully saturated rings. The van der Waals surface area contributed by atoms with Gasteiger partial charge in [-0.15, -0.1) is 11.3 Å². The van der Waals surface area contributed by atoms with Crippen molar-refractivity contribution in [1.82, 2.24) is 19.8 Å². The average molecular weight is 497 g/mol. The van der Waals surface area contributed by atoms with Gasteiger partial charge in [0.1, 0.15) is 15.5 Å². The Bertz CT molecular complexity index is 1250. The summed E-state index contributed by atoms with van der Waals surface area (Å²) in [5.41, 5.74) is 1.62. The van der Waals surface area contributed by atoms with Crippen molar-refractivity contribution in [1.29, 1.82) is 0 Å². The number of carbonyl (C=O) groups excluding carboxylic acids is 2. The van der Waals surface area contributed by atoms with Crippen LogP contribution in [0.15, 0.2) is 35.1 Å². The molecule has 0 aliphatic carbocycles. The van der Waals surface area contributed by atoms with Crippen molar-refractivity contribution in [2.45, 2.75) is 46.1 Å². The number of aromatic amines is 1. The molecule has 1 aliphatic rings. The van der Waals surface area contributed by atoms with Crippen LogP contribution in [0.3, 0.4) is 0 Å². The summed E-state index contributed by atoms with van der Waals surface area (Å²) < 4.78 is 5.12. The zero-order chi connectivity index (χ0) is 24.9. The van der Waals surface area contributed by atoms with Gasteiger partial charge in [-0.1, -0.05) is 30.3 Å². The molecule has 0 saturated carbocycles. The fourth-order valence-electron chi connectivity index (χ4n) is 4.53. The van der Waals surface area contributed by atoms with Gasteiger partial charge in [0.05, 0.1) is 18.0 Å². The van der Waals surface area contributed by atoms with Crippen molar-refractivity contribution in [3.63, 3.8) is 0 Å². The Kier molecular flexibility index (Phi) is 7.97. The van der Waals surface area contributed by atoms with Crippen LogP contribution in [0.2, 0.25) is 0 Å². The van der Waals surface area contributed by atoms with E-state index in [1.807, 2.05) is 30.0 Å². The normalized spacial score (nSPS) is 15.3. The van der Waals surface area contributed by atoms with Gasteiger partial charge in [0.25, 0.3) is 5.56 Å². The van der Waals surface area contributed by atoms with Crippen LogP contribution in [0, 0.1) is 6.92 Å². The molecule has 1 atom stereocenters. The van der Waals surface area contributed by atoms with Gasteiger partial charge < -0.3 is 14.6 Å². The lowest BCUT2D eigenvalue weighted by molar-refractivity contribution is -0.133. The molecule has 9 heteroatoms. The second-order valence-electron chi connectivity index (χ2n) is 8.84. The van der Waals surface area contributed by atoms with E-state index in [9.17, 15) is 14.4 Å². The number of ether oxygens (including phenoxy) is 1. The predicted octanol–water partition coefficient (Wildman–Crippen LogP) is 3.70. The molecule has 0 radical (unpaired) electrons. The fraction of sp³-hybridized carbons (Fsp3) is 0.462. The third kappa shape index (κ3) is 5.62. The number of rotatable bonds is 8. The van der Waals surface area contributed by atoms with Crippen LogP contribution in [-0.2, 0) is 16.0 Å². The van der Waals surface area contributed by atoms with Crippen molar-refractivity contribution in [2.75, 3.05) is 32.8 Å². The molecule has 8 nitrogen and oxygen atoms in total. The molecule has 1 unspecified atom stereocenters. The number of fused-ring (bicyclic) bond motifs is 1. The van der Waals surface area contributed by atoms with Crippen LogP contribution in [0.5, 0.6) is 0 Å². The number of H-pyrrole nitrogens is 1. The van der Waals surface area contributed by atoms with Gasteiger partial charge in [-0.3, -0.25) is 14.5 Å². The molecule has 186 valence electrons. The van der Waals surface area contributed by atoms with Gasteiger partial charge in [-0.05, 0) is 44.7 Å². The predicted molar refractivity (Wildman–Crippen MR) is 137 cm³/mol. The molecular formula is C26H32N4O4S. The number of piperazine rings is 1. The molecular weight excluding hydrogens is 464 g/mol. The molecule has 3 aromatic rings. The van der Waals surface area contributed by atoms with E-state index in [1.54, 1.807) is 13.8 Å². The molecule has 1 N–H and O–H groups in total. The Hall–Kier alpha value is -3.04. The number of hydrogen-bond acceptors (Lipinski definition) is 7. The zero-order valence-corrected chi connectivity index (χ0v) is 21.3. The number of aryl methyl sites for hydroxylation is 2. The lowest BCUT2D eigenvalue weighted by atomic mass is 10.1. The van der Waals surface area contributed by atoms with E-state index in [0.717, 1.165) is 12.8 Å². The summed E-state index contributed by atoms with van der Waals surface area (Å²) in [7, 11) is 0. The van der Waals surface area contributed by atoms with Crippen LogP contribution in [0.4, 0.5) is 0 Å². The van der Waals surface area contributed by atoms with Crippen molar-refractivity contribution in [3.8, 4) is 0 Å². The summed E-state index contributed by atoms with van der Waals surface area (Å²) in [6, 6.07) is 10.1. The van der Waals surface area contributed by atoms with Gasteiger partial charge in [0.2, 0.25) is 5.91 Å². The van der Waals surface area contributed by atoms with Crippen LogP contribution in [0.1, 0.15) is 59.4 Å². The maximum absolute atomic E-state index is 12.8. The summed E-state index contributed by atoms with van der Waals surface area (Å²) >= 11 is 1.20. The first-order chi connectivity index (χ1) is 16.9. The minimum atomic E-state index is -0.424. The molecule has 3 heterocycles. The summed E-state index contributed by atoms with van der Waals surface area (Å²) in [5, 5.41) is 0.444. The molecule has 4 rings (SSSR count). The van der Waals surface area contributed by atoms with E-state index in [4.69, 9.17) is 9.72 Å². The molecule has 0 bridgehead atoms. The number of benzene rings is 1. The van der Waals surface area contributed by atoms with Gasteiger partial charge in [-0.2, -0.15) is 0 Å². The molecule has 1 amide bonds. The second-order valence-corrected chi connectivity index (χ2v) is 9.84. The number of hydrogen-bond donors (Lipinski definition) is 1. The standard InChI is InChI=1S/C26H32N4O4S/c1-4-34-26(33)22-17(2)21-24(32)27-23(28-25(21)35-22)18(3)29-13-15-30(16-14-29)20(31)12-8-11-19-9-6-5-7-10-19/h5-7,9-10,18H,4,8,11-16H2,1-3H3,(H,27,28,32). The van der Waals surface area contributed by atoms with Crippen molar-refractivity contribution >= 4 is 33.4 Å². The van der Waals surface area contributed by atoms with Gasteiger partial charge in [0, 0.05) is 32.6 Å². The maximum atomic E-state index is 12.8. The van der Waals surface area contributed by atoms with E-state index in [-0.39, 0.29) is 24.1 Å². The molecule has 35 heavy (non-hydrogen) atoms. The highest BCUT2D eigenvalue weighted by Gasteiger charge is 2.27. The topological polar surface area (TPSA) is 95.6 Å².